The topological polar surface area (TPSA) is 68.2 Å². The van der Waals surface area contributed by atoms with Crippen molar-refractivity contribution in [3.05, 3.63) is 24.0 Å². The molecule has 5 aliphatic rings. The van der Waals surface area contributed by atoms with Gasteiger partial charge in [0.2, 0.25) is 5.91 Å². The molecule has 2 atom stereocenters. The van der Waals surface area contributed by atoms with Crippen LogP contribution in [0.1, 0.15) is 45.4 Å². The molecule has 4 fully saturated rings. The van der Waals surface area contributed by atoms with Gasteiger partial charge in [-0.3, -0.25) is 15.0 Å². The van der Waals surface area contributed by atoms with Crippen molar-refractivity contribution in [1.82, 2.24) is 20.2 Å². The van der Waals surface area contributed by atoms with Crippen molar-refractivity contribution in [2.45, 2.75) is 57.0 Å². The molecular formula is C25H33N5O2. The van der Waals surface area contributed by atoms with Crippen molar-refractivity contribution in [3.8, 4) is 12.3 Å². The third kappa shape index (κ3) is 3.55. The van der Waals surface area contributed by atoms with E-state index in [0.29, 0.717) is 17.7 Å². The number of terminal acetylenes is 1. The molecule has 32 heavy (non-hydrogen) atoms. The number of piperazine rings is 1. The van der Waals surface area contributed by atoms with Crippen LogP contribution in [0.2, 0.25) is 0 Å². The molecule has 3 aliphatic carbocycles. The minimum absolute atomic E-state index is 0.244. The number of hydrogen-bond donors (Lipinski definition) is 1. The third-order valence-corrected chi connectivity index (χ3v) is 7.77. The lowest BCUT2D eigenvalue weighted by atomic mass is 9.85. The molecule has 7 nitrogen and oxygen atoms in total. The van der Waals surface area contributed by atoms with Gasteiger partial charge in [0.1, 0.15) is 11.4 Å². The van der Waals surface area contributed by atoms with Crippen molar-refractivity contribution in [2.75, 3.05) is 26.7 Å². The van der Waals surface area contributed by atoms with E-state index >= 15 is 0 Å². The first kappa shape index (κ1) is 21.3. The first-order valence-corrected chi connectivity index (χ1v) is 11.9. The minimum atomic E-state index is -0.667. The summed E-state index contributed by atoms with van der Waals surface area (Å²) in [6, 6.07) is 0.244. The Labute approximate surface area is 190 Å². The van der Waals surface area contributed by atoms with Crippen LogP contribution in [0, 0.1) is 30.1 Å². The Bertz CT molecular complexity index is 950. The van der Waals surface area contributed by atoms with E-state index in [1.165, 1.54) is 18.9 Å². The quantitative estimate of drug-likeness (QED) is 0.377. The fourth-order valence-corrected chi connectivity index (χ4v) is 5.29. The minimum Gasteiger partial charge on any atom is -0.352 e. The van der Waals surface area contributed by atoms with E-state index in [9.17, 15) is 9.59 Å². The third-order valence-electron chi connectivity index (χ3n) is 7.77. The van der Waals surface area contributed by atoms with Gasteiger partial charge in [-0.15, -0.1) is 6.42 Å². The monoisotopic (exact) mass is 435 g/mol. The average Bonchev–Trinajstić information content (AvgIpc) is 3.65. The molecule has 2 heterocycles. The molecule has 7 heteroatoms. The highest BCUT2D eigenvalue weighted by Gasteiger charge is 2.52. The van der Waals surface area contributed by atoms with Gasteiger partial charge in [0.15, 0.2) is 0 Å². The molecule has 3 saturated carbocycles. The molecule has 1 unspecified atom stereocenters. The van der Waals surface area contributed by atoms with Gasteiger partial charge in [0, 0.05) is 32.6 Å². The predicted molar refractivity (Wildman–Crippen MR) is 123 cm³/mol. The fraction of sp³-hybridized carbons (Fsp3) is 0.640. The van der Waals surface area contributed by atoms with Crippen LogP contribution in [0.15, 0.2) is 29.0 Å². The molecule has 0 aromatic rings. The van der Waals surface area contributed by atoms with E-state index < -0.39 is 5.54 Å². The van der Waals surface area contributed by atoms with Crippen LogP contribution >= 0.6 is 0 Å². The second-order valence-electron chi connectivity index (χ2n) is 10.1. The Morgan fingerprint density at radius 2 is 1.97 bits per heavy atom. The summed E-state index contributed by atoms with van der Waals surface area (Å²) >= 11 is 0. The number of nitrogens with one attached hydrogen (secondary N) is 1. The molecule has 170 valence electrons. The first-order chi connectivity index (χ1) is 15.4. The number of rotatable bonds is 7. The lowest BCUT2D eigenvalue weighted by Gasteiger charge is -2.43. The van der Waals surface area contributed by atoms with Crippen molar-refractivity contribution in [2.24, 2.45) is 22.7 Å². The number of aliphatic imine (C=N–C) groups is 1. The van der Waals surface area contributed by atoms with Crippen molar-refractivity contribution >= 4 is 17.5 Å². The second kappa shape index (κ2) is 7.77. The maximum atomic E-state index is 12.9. The van der Waals surface area contributed by atoms with E-state index in [1.807, 2.05) is 7.05 Å². The lowest BCUT2D eigenvalue weighted by Crippen LogP contribution is -2.58. The van der Waals surface area contributed by atoms with Gasteiger partial charge in [0.25, 0.3) is 5.91 Å². The highest BCUT2D eigenvalue weighted by molar-refractivity contribution is 6.04. The molecule has 0 aromatic carbocycles. The number of hydrazine groups is 1. The molecule has 0 radical (unpaired) electrons. The Balaban J connectivity index is 1.45. The predicted octanol–water partition coefficient (Wildman–Crippen LogP) is 1.94. The van der Waals surface area contributed by atoms with Crippen LogP contribution in [0.5, 0.6) is 0 Å². The van der Waals surface area contributed by atoms with Crippen molar-refractivity contribution in [1.29, 1.82) is 0 Å². The zero-order valence-corrected chi connectivity index (χ0v) is 19.1. The van der Waals surface area contributed by atoms with Gasteiger partial charge in [0.05, 0.1) is 17.3 Å². The second-order valence-corrected chi connectivity index (χ2v) is 10.1. The lowest BCUT2D eigenvalue weighted by molar-refractivity contribution is -0.137. The summed E-state index contributed by atoms with van der Waals surface area (Å²) in [6.07, 6.45) is 14.0. The molecule has 0 aromatic heterocycles. The molecule has 0 spiro atoms. The summed E-state index contributed by atoms with van der Waals surface area (Å²) in [5.74, 6) is 5.08. The number of carbonyl (C=O) groups is 2. The van der Waals surface area contributed by atoms with Crippen molar-refractivity contribution in [3.63, 3.8) is 0 Å². The van der Waals surface area contributed by atoms with E-state index in [-0.39, 0.29) is 17.9 Å². The standard InChI is InChI=1S/C25H33N5O2/c1-5-19-23(26-22(17-9-10-17)25(19,3)28(4)27-21(31)6-2)29-13-14-30(24(32)18-11-12-18)20(15-29)16-7-8-16/h1,6,16-18,20H,2,7-15H2,3-4H3,(H,27,31)/t20-,25?/m0/s1. The summed E-state index contributed by atoms with van der Waals surface area (Å²) in [4.78, 5) is 34.5. The van der Waals surface area contributed by atoms with E-state index in [1.54, 1.807) is 5.01 Å². The number of amides is 2. The Morgan fingerprint density at radius 1 is 1.25 bits per heavy atom. The van der Waals surface area contributed by atoms with Gasteiger partial charge in [-0.05, 0) is 63.4 Å². The molecular weight excluding hydrogens is 402 g/mol. The summed E-state index contributed by atoms with van der Waals surface area (Å²) in [5, 5.41) is 1.79. The SMILES string of the molecule is C#CC1=C(N2CCN(C(=O)C3CC3)[C@H](C3CC3)C2)N=C(C2CC2)C1(C)N(C)NC(=O)C=C. The molecule has 2 amide bonds. The smallest absolute Gasteiger partial charge is 0.257 e. The van der Waals surface area contributed by atoms with Crippen LogP contribution in [0.4, 0.5) is 0 Å². The molecule has 1 saturated heterocycles. The van der Waals surface area contributed by atoms with Crippen LogP contribution in [0.3, 0.4) is 0 Å². The molecule has 5 rings (SSSR count). The van der Waals surface area contributed by atoms with E-state index in [2.05, 4.69) is 34.6 Å². The maximum Gasteiger partial charge on any atom is 0.257 e. The Hall–Kier alpha value is -2.59. The van der Waals surface area contributed by atoms with Gasteiger partial charge in [-0.2, -0.15) is 0 Å². The van der Waals surface area contributed by atoms with Crippen LogP contribution in [0.25, 0.3) is 0 Å². The molecule has 2 aliphatic heterocycles. The van der Waals surface area contributed by atoms with Crippen LogP contribution < -0.4 is 5.43 Å². The summed E-state index contributed by atoms with van der Waals surface area (Å²) in [7, 11) is 1.85. The zero-order chi connectivity index (χ0) is 22.6. The molecule has 0 bridgehead atoms. The van der Waals surface area contributed by atoms with Crippen LogP contribution in [-0.4, -0.2) is 70.6 Å². The highest BCUT2D eigenvalue weighted by Crippen LogP contribution is 2.46. The van der Waals surface area contributed by atoms with Gasteiger partial charge >= 0.3 is 0 Å². The van der Waals surface area contributed by atoms with E-state index in [4.69, 9.17) is 11.4 Å². The number of carbonyl (C=O) groups excluding carboxylic acids is 2. The maximum absolute atomic E-state index is 12.9. The summed E-state index contributed by atoms with van der Waals surface area (Å²) < 4.78 is 0. The highest BCUT2D eigenvalue weighted by atomic mass is 16.2. The van der Waals surface area contributed by atoms with Crippen LogP contribution in [-0.2, 0) is 9.59 Å². The Kier molecular flexibility index (Phi) is 5.16. The summed E-state index contributed by atoms with van der Waals surface area (Å²) in [5.41, 5.74) is 4.05. The first-order valence-electron chi connectivity index (χ1n) is 11.9. The van der Waals surface area contributed by atoms with Gasteiger partial charge in [-0.1, -0.05) is 12.5 Å². The number of hydrogen-bond acceptors (Lipinski definition) is 5. The Morgan fingerprint density at radius 3 is 2.53 bits per heavy atom. The fourth-order valence-electron chi connectivity index (χ4n) is 5.29. The van der Waals surface area contributed by atoms with E-state index in [0.717, 1.165) is 62.4 Å². The number of nitrogens with zero attached hydrogens (tertiary/aromatic N) is 4. The normalized spacial score (nSPS) is 30.3. The zero-order valence-electron chi connectivity index (χ0n) is 19.1. The van der Waals surface area contributed by atoms with Gasteiger partial charge in [-0.25, -0.2) is 10.0 Å². The van der Waals surface area contributed by atoms with Crippen molar-refractivity contribution < 1.29 is 9.59 Å². The largest absolute Gasteiger partial charge is 0.352 e. The molecule has 1 N–H and O–H groups in total. The number of likely N-dealkylation sites (N-methyl/N-ethyl adjacent to an activating group) is 1. The average molecular weight is 436 g/mol. The van der Waals surface area contributed by atoms with Gasteiger partial charge < -0.3 is 9.80 Å². The summed E-state index contributed by atoms with van der Waals surface area (Å²) in [6.45, 7) is 7.87.